The van der Waals surface area contributed by atoms with Crippen LogP contribution in [0.5, 0.6) is 0 Å². The first-order valence-corrected chi connectivity index (χ1v) is 9.61. The molecule has 1 aliphatic heterocycles. The van der Waals surface area contributed by atoms with Gasteiger partial charge in [0.1, 0.15) is 0 Å². The van der Waals surface area contributed by atoms with Crippen molar-refractivity contribution in [1.29, 1.82) is 0 Å². The first kappa shape index (κ1) is 16.8. The molecule has 1 saturated heterocycles. The van der Waals surface area contributed by atoms with E-state index in [2.05, 4.69) is 26.6 Å². The summed E-state index contributed by atoms with van der Waals surface area (Å²) in [5, 5.41) is 11.8. The van der Waals surface area contributed by atoms with Gasteiger partial charge in [0, 0.05) is 32.7 Å². The summed E-state index contributed by atoms with van der Waals surface area (Å²) in [4.78, 5) is 21.3. The maximum absolute atomic E-state index is 12.5. The molecule has 1 aromatic carbocycles. The standard InChI is InChI=1S/C17H21N7OS/c1-2-24-12-15(20-21-24)19-16(25)22-8-5-9-23(11-10-22)17-18-13-6-3-4-7-14(13)26-17/h3-4,6-7,12H,2,5,8-11H2,1H3,(H,19,25). The Labute approximate surface area is 155 Å². The van der Waals surface area contributed by atoms with Crippen LogP contribution < -0.4 is 10.2 Å². The highest BCUT2D eigenvalue weighted by atomic mass is 32.1. The third-order valence-corrected chi connectivity index (χ3v) is 5.53. The number of fused-ring (bicyclic) bond motifs is 1. The molecule has 4 rings (SSSR count). The fraction of sp³-hybridized carbons (Fsp3) is 0.412. The van der Waals surface area contributed by atoms with Gasteiger partial charge in [0.2, 0.25) is 0 Å². The molecule has 2 amide bonds. The summed E-state index contributed by atoms with van der Waals surface area (Å²) in [6, 6.07) is 8.05. The van der Waals surface area contributed by atoms with E-state index in [4.69, 9.17) is 4.98 Å². The fourth-order valence-electron chi connectivity index (χ4n) is 3.01. The van der Waals surface area contributed by atoms with E-state index in [1.165, 1.54) is 4.70 Å². The number of rotatable bonds is 3. The van der Waals surface area contributed by atoms with Crippen molar-refractivity contribution in [3.8, 4) is 0 Å². The van der Waals surface area contributed by atoms with E-state index in [1.54, 1.807) is 22.2 Å². The molecule has 1 aliphatic rings. The number of anilines is 2. The summed E-state index contributed by atoms with van der Waals surface area (Å²) in [6.07, 6.45) is 2.65. The van der Waals surface area contributed by atoms with Crippen molar-refractivity contribution in [1.82, 2.24) is 24.9 Å². The van der Waals surface area contributed by atoms with Crippen molar-refractivity contribution in [3.63, 3.8) is 0 Å². The third kappa shape index (κ3) is 3.48. The Hall–Kier alpha value is -2.68. The largest absolute Gasteiger partial charge is 0.346 e. The predicted octanol–water partition coefficient (Wildman–Crippen LogP) is 2.65. The Bertz CT molecular complexity index is 872. The van der Waals surface area contributed by atoms with Crippen molar-refractivity contribution < 1.29 is 4.79 Å². The molecule has 1 fully saturated rings. The second kappa shape index (κ2) is 7.28. The Kier molecular flexibility index (Phi) is 4.70. The summed E-state index contributed by atoms with van der Waals surface area (Å²) in [5.74, 6) is 0.490. The van der Waals surface area contributed by atoms with Crippen LogP contribution >= 0.6 is 11.3 Å². The van der Waals surface area contributed by atoms with E-state index in [0.717, 1.165) is 43.2 Å². The molecule has 3 aromatic rings. The van der Waals surface area contributed by atoms with E-state index >= 15 is 0 Å². The molecular weight excluding hydrogens is 350 g/mol. The molecule has 0 bridgehead atoms. The number of nitrogens with one attached hydrogen (secondary N) is 1. The number of hydrogen-bond donors (Lipinski definition) is 1. The molecule has 8 nitrogen and oxygen atoms in total. The summed E-state index contributed by atoms with van der Waals surface area (Å²) in [7, 11) is 0. The van der Waals surface area contributed by atoms with Gasteiger partial charge in [-0.25, -0.2) is 9.78 Å². The Morgan fingerprint density at radius 3 is 2.92 bits per heavy atom. The lowest BCUT2D eigenvalue weighted by molar-refractivity contribution is 0.215. The van der Waals surface area contributed by atoms with Crippen LogP contribution in [0.1, 0.15) is 13.3 Å². The van der Waals surface area contributed by atoms with Crippen molar-refractivity contribution in [2.75, 3.05) is 36.4 Å². The number of thiazole rings is 1. The third-order valence-electron chi connectivity index (χ3n) is 4.43. The molecule has 0 spiro atoms. The van der Waals surface area contributed by atoms with Crippen molar-refractivity contribution in [2.45, 2.75) is 19.9 Å². The lowest BCUT2D eigenvalue weighted by Crippen LogP contribution is -2.38. The Balaban J connectivity index is 1.40. The molecule has 2 aromatic heterocycles. The normalized spacial score (nSPS) is 15.3. The molecule has 3 heterocycles. The molecule has 0 saturated carbocycles. The van der Waals surface area contributed by atoms with Crippen molar-refractivity contribution >= 4 is 38.5 Å². The van der Waals surface area contributed by atoms with Crippen LogP contribution in [0.15, 0.2) is 30.5 Å². The van der Waals surface area contributed by atoms with Crippen LogP contribution in [0.4, 0.5) is 15.7 Å². The van der Waals surface area contributed by atoms with Gasteiger partial charge >= 0.3 is 6.03 Å². The number of aromatic nitrogens is 4. The Morgan fingerprint density at radius 2 is 2.12 bits per heavy atom. The number of amides is 2. The quantitative estimate of drug-likeness (QED) is 0.766. The molecule has 0 unspecified atom stereocenters. The molecule has 0 atom stereocenters. The summed E-state index contributed by atoms with van der Waals surface area (Å²) in [5.41, 5.74) is 1.03. The molecule has 0 aliphatic carbocycles. The minimum Gasteiger partial charge on any atom is -0.346 e. The zero-order valence-electron chi connectivity index (χ0n) is 14.6. The van der Waals surface area contributed by atoms with Crippen LogP contribution in [0.3, 0.4) is 0 Å². The van der Waals surface area contributed by atoms with Crippen molar-refractivity contribution in [3.05, 3.63) is 30.5 Å². The number of urea groups is 1. The van der Waals surface area contributed by atoms with Gasteiger partial charge in [0.15, 0.2) is 10.9 Å². The van der Waals surface area contributed by atoms with E-state index in [0.29, 0.717) is 12.4 Å². The number of benzene rings is 1. The van der Waals surface area contributed by atoms with Gasteiger partial charge in [-0.2, -0.15) is 0 Å². The second-order valence-electron chi connectivity index (χ2n) is 6.18. The van der Waals surface area contributed by atoms with Crippen LogP contribution in [-0.4, -0.2) is 57.1 Å². The van der Waals surface area contributed by atoms with Gasteiger partial charge in [0.05, 0.1) is 16.4 Å². The number of aryl methyl sites for hydroxylation is 1. The minimum absolute atomic E-state index is 0.126. The summed E-state index contributed by atoms with van der Waals surface area (Å²) < 4.78 is 2.88. The van der Waals surface area contributed by atoms with E-state index in [1.807, 2.05) is 30.0 Å². The lowest BCUT2D eigenvalue weighted by Gasteiger charge is -2.21. The number of carbonyl (C=O) groups is 1. The molecule has 136 valence electrons. The molecule has 26 heavy (non-hydrogen) atoms. The van der Waals surface area contributed by atoms with Gasteiger partial charge in [-0.3, -0.25) is 10.00 Å². The van der Waals surface area contributed by atoms with Gasteiger partial charge in [0.25, 0.3) is 0 Å². The SMILES string of the molecule is CCn1cc(NC(=O)N2CCCN(c3nc4ccccc4s3)CC2)nn1. The van der Waals surface area contributed by atoms with Crippen LogP contribution in [-0.2, 0) is 6.54 Å². The highest BCUT2D eigenvalue weighted by molar-refractivity contribution is 7.22. The fourth-order valence-corrected chi connectivity index (χ4v) is 4.02. The first-order chi connectivity index (χ1) is 12.7. The van der Waals surface area contributed by atoms with Crippen LogP contribution in [0.2, 0.25) is 0 Å². The molecule has 9 heteroatoms. The number of para-hydroxylation sites is 1. The molecular formula is C17H21N7OS. The molecule has 0 radical (unpaired) electrons. The monoisotopic (exact) mass is 371 g/mol. The van der Waals surface area contributed by atoms with Gasteiger partial charge < -0.3 is 9.80 Å². The smallest absolute Gasteiger partial charge is 0.323 e. The predicted molar refractivity (Wildman–Crippen MR) is 103 cm³/mol. The number of nitrogens with zero attached hydrogens (tertiary/aromatic N) is 6. The summed E-state index contributed by atoms with van der Waals surface area (Å²) in [6.45, 7) is 5.75. The van der Waals surface area contributed by atoms with E-state index in [-0.39, 0.29) is 6.03 Å². The highest BCUT2D eigenvalue weighted by Gasteiger charge is 2.21. The summed E-state index contributed by atoms with van der Waals surface area (Å²) >= 11 is 1.71. The van der Waals surface area contributed by atoms with Crippen LogP contribution in [0.25, 0.3) is 10.2 Å². The van der Waals surface area contributed by atoms with Crippen molar-refractivity contribution in [2.24, 2.45) is 0 Å². The topological polar surface area (TPSA) is 79.2 Å². The van der Waals surface area contributed by atoms with E-state index < -0.39 is 0 Å². The molecule has 1 N–H and O–H groups in total. The second-order valence-corrected chi connectivity index (χ2v) is 7.19. The Morgan fingerprint density at radius 1 is 1.23 bits per heavy atom. The lowest BCUT2D eigenvalue weighted by atomic mass is 10.3. The van der Waals surface area contributed by atoms with Crippen LogP contribution in [0, 0.1) is 0 Å². The highest BCUT2D eigenvalue weighted by Crippen LogP contribution is 2.29. The van der Waals surface area contributed by atoms with E-state index in [9.17, 15) is 4.79 Å². The maximum Gasteiger partial charge on any atom is 0.323 e. The number of carbonyl (C=O) groups excluding carboxylic acids is 1. The number of hydrogen-bond acceptors (Lipinski definition) is 6. The average molecular weight is 371 g/mol. The first-order valence-electron chi connectivity index (χ1n) is 8.79. The average Bonchev–Trinajstić information content (AvgIpc) is 3.21. The van der Waals surface area contributed by atoms with Gasteiger partial charge in [-0.15, -0.1) is 5.10 Å². The zero-order chi connectivity index (χ0) is 17.9. The maximum atomic E-state index is 12.5. The zero-order valence-corrected chi connectivity index (χ0v) is 15.4. The minimum atomic E-state index is -0.126. The van der Waals surface area contributed by atoms with Gasteiger partial charge in [-0.1, -0.05) is 28.7 Å². The van der Waals surface area contributed by atoms with Gasteiger partial charge in [-0.05, 0) is 25.5 Å².